The molecule has 1 aliphatic carbocycles. The smallest absolute Gasteiger partial charge is 0.0644 e. The van der Waals surface area contributed by atoms with Crippen LogP contribution >= 0.6 is 0 Å². The highest BCUT2D eigenvalue weighted by atomic mass is 15.3. The topological polar surface area (TPSA) is 29.9 Å². The van der Waals surface area contributed by atoms with Crippen LogP contribution in [0.25, 0.3) is 0 Å². The Kier molecular flexibility index (Phi) is 3.57. The van der Waals surface area contributed by atoms with Crippen LogP contribution in [-0.2, 0) is 7.05 Å². The first kappa shape index (κ1) is 12.6. The fourth-order valence-corrected chi connectivity index (χ4v) is 2.71. The summed E-state index contributed by atoms with van der Waals surface area (Å²) in [6.45, 7) is 9.99. The molecule has 1 fully saturated rings. The largest absolute Gasteiger partial charge is 0.310 e. The normalized spacial score (nSPS) is 19.4. The lowest BCUT2D eigenvalue weighted by atomic mass is 10.0. The average molecular weight is 235 g/mol. The quantitative estimate of drug-likeness (QED) is 0.850. The van der Waals surface area contributed by atoms with Crippen molar-refractivity contribution >= 4 is 0 Å². The highest BCUT2D eigenvalue weighted by molar-refractivity contribution is 5.27. The molecule has 2 unspecified atom stereocenters. The lowest BCUT2D eigenvalue weighted by molar-refractivity contribution is 0.430. The van der Waals surface area contributed by atoms with E-state index in [-0.39, 0.29) is 0 Å². The van der Waals surface area contributed by atoms with Gasteiger partial charge >= 0.3 is 0 Å². The molecule has 1 heterocycles. The van der Waals surface area contributed by atoms with Crippen LogP contribution in [0.15, 0.2) is 0 Å². The third-order valence-corrected chi connectivity index (χ3v) is 4.17. The molecule has 0 saturated heterocycles. The minimum absolute atomic E-state index is 0.407. The number of nitrogens with zero attached hydrogens (tertiary/aromatic N) is 2. The number of hydrogen-bond donors (Lipinski definition) is 1. The maximum atomic E-state index is 4.48. The molecule has 2 rings (SSSR count). The molecule has 3 nitrogen and oxygen atoms in total. The Hall–Kier alpha value is -0.830. The lowest BCUT2D eigenvalue weighted by Crippen LogP contribution is -2.26. The first-order chi connectivity index (χ1) is 8.00. The zero-order valence-electron chi connectivity index (χ0n) is 11.7. The Bertz CT molecular complexity index is 390. The molecule has 3 heteroatoms. The van der Waals surface area contributed by atoms with Gasteiger partial charge in [0.05, 0.1) is 5.69 Å². The van der Waals surface area contributed by atoms with Gasteiger partial charge < -0.3 is 5.32 Å². The minimum atomic E-state index is 0.407. The summed E-state index contributed by atoms with van der Waals surface area (Å²) >= 11 is 0. The van der Waals surface area contributed by atoms with E-state index in [1.165, 1.54) is 24.1 Å². The van der Waals surface area contributed by atoms with Gasteiger partial charge in [-0.05, 0) is 52.0 Å². The van der Waals surface area contributed by atoms with Crippen molar-refractivity contribution < 1.29 is 0 Å². The molecule has 96 valence electrons. The molecule has 1 aliphatic rings. The van der Waals surface area contributed by atoms with E-state index in [0.29, 0.717) is 6.04 Å². The van der Waals surface area contributed by atoms with Gasteiger partial charge in [-0.3, -0.25) is 4.68 Å². The van der Waals surface area contributed by atoms with Gasteiger partial charge in [-0.25, -0.2) is 0 Å². The number of aryl methyl sites for hydroxylation is 2. The molecule has 17 heavy (non-hydrogen) atoms. The summed E-state index contributed by atoms with van der Waals surface area (Å²) in [7, 11) is 2.02. The van der Waals surface area contributed by atoms with Gasteiger partial charge in [-0.2, -0.15) is 5.10 Å². The first-order valence-electron chi connectivity index (χ1n) is 6.74. The van der Waals surface area contributed by atoms with Gasteiger partial charge in [0.2, 0.25) is 0 Å². The number of aromatic nitrogens is 2. The maximum absolute atomic E-state index is 4.48. The summed E-state index contributed by atoms with van der Waals surface area (Å²) in [4.78, 5) is 0. The van der Waals surface area contributed by atoms with Crippen molar-refractivity contribution in [1.82, 2.24) is 15.1 Å². The van der Waals surface area contributed by atoms with Crippen LogP contribution in [0.4, 0.5) is 0 Å². The number of rotatable bonds is 5. The molecule has 1 aromatic heterocycles. The SMILES string of the molecule is Cc1nn(C)c(C)c1C(C)NCC(C)C1CC1. The van der Waals surface area contributed by atoms with E-state index in [0.717, 1.165) is 24.1 Å². The third-order valence-electron chi connectivity index (χ3n) is 4.17. The second-order valence-corrected chi connectivity index (χ2v) is 5.65. The summed E-state index contributed by atoms with van der Waals surface area (Å²) in [5, 5.41) is 8.14. The molecule has 1 aromatic rings. The van der Waals surface area contributed by atoms with E-state index >= 15 is 0 Å². The fourth-order valence-electron chi connectivity index (χ4n) is 2.71. The molecule has 2 atom stereocenters. The van der Waals surface area contributed by atoms with Gasteiger partial charge in [-0.1, -0.05) is 6.92 Å². The van der Waals surface area contributed by atoms with Gasteiger partial charge in [0, 0.05) is 24.3 Å². The van der Waals surface area contributed by atoms with Crippen LogP contribution in [0.2, 0.25) is 0 Å². The molecule has 0 radical (unpaired) electrons. The summed E-state index contributed by atoms with van der Waals surface area (Å²) in [5.74, 6) is 1.79. The highest BCUT2D eigenvalue weighted by Crippen LogP contribution is 2.36. The molecule has 0 amide bonds. The van der Waals surface area contributed by atoms with E-state index in [9.17, 15) is 0 Å². The Morgan fingerprint density at radius 3 is 2.47 bits per heavy atom. The zero-order valence-corrected chi connectivity index (χ0v) is 11.7. The van der Waals surface area contributed by atoms with Gasteiger partial charge in [0.1, 0.15) is 0 Å². The monoisotopic (exact) mass is 235 g/mol. The van der Waals surface area contributed by atoms with Crippen LogP contribution in [0, 0.1) is 25.7 Å². The second kappa shape index (κ2) is 4.81. The van der Waals surface area contributed by atoms with E-state index in [1.807, 2.05) is 11.7 Å². The molecule has 1 saturated carbocycles. The van der Waals surface area contributed by atoms with Crippen molar-refractivity contribution in [3.63, 3.8) is 0 Å². The van der Waals surface area contributed by atoms with Crippen LogP contribution in [0.5, 0.6) is 0 Å². The molecular formula is C14H25N3. The maximum Gasteiger partial charge on any atom is 0.0644 e. The number of hydrogen-bond acceptors (Lipinski definition) is 2. The Morgan fingerprint density at radius 2 is 2.00 bits per heavy atom. The summed E-state index contributed by atoms with van der Waals surface area (Å²) < 4.78 is 1.98. The first-order valence-corrected chi connectivity index (χ1v) is 6.74. The molecule has 0 aliphatic heterocycles. The number of nitrogens with one attached hydrogen (secondary N) is 1. The van der Waals surface area contributed by atoms with E-state index in [1.54, 1.807) is 0 Å². The molecule has 0 aromatic carbocycles. The second-order valence-electron chi connectivity index (χ2n) is 5.65. The van der Waals surface area contributed by atoms with Crippen molar-refractivity contribution in [2.75, 3.05) is 6.54 Å². The Morgan fingerprint density at radius 1 is 1.35 bits per heavy atom. The minimum Gasteiger partial charge on any atom is -0.310 e. The Balaban J connectivity index is 1.96. The lowest BCUT2D eigenvalue weighted by Gasteiger charge is -2.18. The Labute approximate surface area is 105 Å². The van der Waals surface area contributed by atoms with Crippen LogP contribution in [0.1, 0.15) is 49.7 Å². The van der Waals surface area contributed by atoms with Crippen molar-refractivity contribution in [3.8, 4) is 0 Å². The fraction of sp³-hybridized carbons (Fsp3) is 0.786. The average Bonchev–Trinajstić information content (AvgIpc) is 3.06. The van der Waals surface area contributed by atoms with Crippen molar-refractivity contribution in [2.45, 2.75) is 46.6 Å². The highest BCUT2D eigenvalue weighted by Gasteiger charge is 2.28. The summed E-state index contributed by atoms with van der Waals surface area (Å²) in [6, 6.07) is 0.407. The summed E-state index contributed by atoms with van der Waals surface area (Å²) in [6.07, 6.45) is 2.87. The standard InChI is InChI=1S/C14H25N3/c1-9(13-6-7-13)8-15-10(2)14-11(3)16-17(5)12(14)4/h9-10,13,15H,6-8H2,1-5H3. The molecule has 1 N–H and O–H groups in total. The van der Waals surface area contributed by atoms with Crippen LogP contribution in [-0.4, -0.2) is 16.3 Å². The van der Waals surface area contributed by atoms with E-state index in [2.05, 4.69) is 38.1 Å². The molecule has 0 bridgehead atoms. The predicted molar refractivity (Wildman–Crippen MR) is 71.0 cm³/mol. The van der Waals surface area contributed by atoms with E-state index < -0.39 is 0 Å². The van der Waals surface area contributed by atoms with Gasteiger partial charge in [-0.15, -0.1) is 0 Å². The van der Waals surface area contributed by atoms with Crippen molar-refractivity contribution in [2.24, 2.45) is 18.9 Å². The van der Waals surface area contributed by atoms with Crippen LogP contribution < -0.4 is 5.32 Å². The van der Waals surface area contributed by atoms with Gasteiger partial charge in [0.25, 0.3) is 0 Å². The summed E-state index contributed by atoms with van der Waals surface area (Å²) in [5.41, 5.74) is 3.81. The van der Waals surface area contributed by atoms with Gasteiger partial charge in [0.15, 0.2) is 0 Å². The van der Waals surface area contributed by atoms with Crippen molar-refractivity contribution in [1.29, 1.82) is 0 Å². The van der Waals surface area contributed by atoms with Crippen molar-refractivity contribution in [3.05, 3.63) is 17.0 Å². The predicted octanol–water partition coefficient (Wildman–Crippen LogP) is 2.73. The molecule has 0 spiro atoms. The third kappa shape index (κ3) is 2.71. The zero-order chi connectivity index (χ0) is 12.6. The van der Waals surface area contributed by atoms with Crippen LogP contribution in [0.3, 0.4) is 0 Å². The molecular weight excluding hydrogens is 210 g/mol. The van der Waals surface area contributed by atoms with E-state index in [4.69, 9.17) is 0 Å².